The molecule has 7 nitrogen and oxygen atoms in total. The molecule has 7 heteroatoms. The number of phenolic OH excluding ortho intramolecular Hbond substituents is 3. The van der Waals surface area contributed by atoms with Crippen LogP contribution in [0.1, 0.15) is 31.8 Å². The second-order valence-corrected chi connectivity index (χ2v) is 7.48. The Bertz CT molecular complexity index is 1410. The molecule has 0 aliphatic rings. The van der Waals surface area contributed by atoms with Crippen molar-refractivity contribution < 1.29 is 34.4 Å². The van der Waals surface area contributed by atoms with Crippen LogP contribution in [-0.2, 0) is 0 Å². The van der Waals surface area contributed by atoms with Crippen molar-refractivity contribution in [3.8, 4) is 28.7 Å². The zero-order chi connectivity index (χ0) is 24.8. The second kappa shape index (κ2) is 10.3. The Labute approximate surface area is 200 Å². The third-order valence-corrected chi connectivity index (χ3v) is 4.93. The van der Waals surface area contributed by atoms with E-state index in [1.54, 1.807) is 66.7 Å². The predicted octanol–water partition coefficient (Wildman–Crippen LogP) is 5.41. The molecule has 0 heterocycles. The van der Waals surface area contributed by atoms with E-state index < -0.39 is 11.9 Å². The monoisotopic (exact) mass is 468 g/mol. The van der Waals surface area contributed by atoms with Crippen LogP contribution in [-0.4, -0.2) is 27.3 Å². The number of rotatable bonds is 6. The number of phenols is 3. The Morgan fingerprint density at radius 1 is 0.571 bits per heavy atom. The molecule has 0 bridgehead atoms. The molecule has 0 atom stereocenters. The van der Waals surface area contributed by atoms with Crippen molar-refractivity contribution in [1.82, 2.24) is 0 Å². The van der Waals surface area contributed by atoms with E-state index in [0.29, 0.717) is 11.3 Å². The van der Waals surface area contributed by atoms with Gasteiger partial charge in [-0.05, 0) is 59.7 Å². The van der Waals surface area contributed by atoms with Gasteiger partial charge >= 0.3 is 11.9 Å². The average Bonchev–Trinajstić information content (AvgIpc) is 2.84. The van der Waals surface area contributed by atoms with Gasteiger partial charge in [0.1, 0.15) is 39.9 Å². The van der Waals surface area contributed by atoms with Gasteiger partial charge < -0.3 is 24.8 Å². The quantitative estimate of drug-likeness (QED) is 0.197. The molecule has 0 amide bonds. The Kier molecular flexibility index (Phi) is 6.78. The van der Waals surface area contributed by atoms with Crippen molar-refractivity contribution >= 4 is 24.1 Å². The molecular weight excluding hydrogens is 448 g/mol. The van der Waals surface area contributed by atoms with Crippen LogP contribution in [0.5, 0.6) is 28.7 Å². The number of hydrogen-bond donors (Lipinski definition) is 3. The van der Waals surface area contributed by atoms with Gasteiger partial charge in [0.2, 0.25) is 0 Å². The van der Waals surface area contributed by atoms with Crippen LogP contribution >= 0.6 is 0 Å². The third-order valence-electron chi connectivity index (χ3n) is 4.93. The van der Waals surface area contributed by atoms with Gasteiger partial charge in [-0.15, -0.1) is 0 Å². The molecule has 35 heavy (non-hydrogen) atoms. The van der Waals surface area contributed by atoms with Crippen LogP contribution in [0, 0.1) is 0 Å². The zero-order valence-electron chi connectivity index (χ0n) is 18.3. The number of carbonyl (C=O) groups is 2. The highest BCUT2D eigenvalue weighted by Crippen LogP contribution is 2.26. The minimum absolute atomic E-state index is 0.0104. The van der Waals surface area contributed by atoms with Gasteiger partial charge in [-0.25, -0.2) is 9.59 Å². The summed E-state index contributed by atoms with van der Waals surface area (Å²) in [5.74, 6) is -1.45. The second-order valence-electron chi connectivity index (χ2n) is 7.48. The summed E-state index contributed by atoms with van der Waals surface area (Å²) >= 11 is 0. The van der Waals surface area contributed by atoms with E-state index in [4.69, 9.17) is 9.47 Å². The standard InChI is InChI=1S/C28H20O7/c29-20-15-19(16-22(17-20)35-28(33)24-6-2-4-8-26(24)31)10-9-18-11-13-21(14-12-18)34-27(32)23-5-1-3-7-25(23)30/h1-17,29-31H. The molecule has 4 rings (SSSR count). The lowest BCUT2D eigenvalue weighted by Crippen LogP contribution is -2.08. The summed E-state index contributed by atoms with van der Waals surface area (Å²) in [7, 11) is 0. The molecule has 4 aromatic rings. The first-order chi connectivity index (χ1) is 16.9. The SMILES string of the molecule is O=C(Oc1ccc(C=Cc2cc(O)cc(OC(=O)c3ccccc3O)c2)cc1)c1ccccc1O. The maximum absolute atomic E-state index is 12.3. The molecule has 0 saturated heterocycles. The molecule has 0 aliphatic carbocycles. The van der Waals surface area contributed by atoms with Crippen molar-refractivity contribution in [3.63, 3.8) is 0 Å². The van der Waals surface area contributed by atoms with Crippen LogP contribution in [0.4, 0.5) is 0 Å². The number of carbonyl (C=O) groups excluding carboxylic acids is 2. The maximum atomic E-state index is 12.3. The summed E-state index contributed by atoms with van der Waals surface area (Å²) in [4.78, 5) is 24.5. The van der Waals surface area contributed by atoms with E-state index in [1.165, 1.54) is 36.4 Å². The van der Waals surface area contributed by atoms with Crippen LogP contribution < -0.4 is 9.47 Å². The van der Waals surface area contributed by atoms with Gasteiger partial charge in [-0.3, -0.25) is 0 Å². The normalized spacial score (nSPS) is 10.7. The highest BCUT2D eigenvalue weighted by atomic mass is 16.5. The van der Waals surface area contributed by atoms with Crippen molar-refractivity contribution in [2.45, 2.75) is 0 Å². The lowest BCUT2D eigenvalue weighted by atomic mass is 10.1. The molecular formula is C28H20O7. The number of benzene rings is 4. The first kappa shape index (κ1) is 23.1. The molecule has 0 saturated carbocycles. The number of hydrogen-bond acceptors (Lipinski definition) is 7. The van der Waals surface area contributed by atoms with E-state index in [2.05, 4.69) is 0 Å². The summed E-state index contributed by atoms with van der Waals surface area (Å²) < 4.78 is 10.6. The van der Waals surface area contributed by atoms with Crippen LogP contribution in [0.15, 0.2) is 91.0 Å². The van der Waals surface area contributed by atoms with Crippen molar-refractivity contribution in [2.75, 3.05) is 0 Å². The fourth-order valence-electron chi connectivity index (χ4n) is 3.22. The lowest BCUT2D eigenvalue weighted by molar-refractivity contribution is 0.0721. The molecule has 3 N–H and O–H groups in total. The van der Waals surface area contributed by atoms with Crippen molar-refractivity contribution in [3.05, 3.63) is 113 Å². The first-order valence-electron chi connectivity index (χ1n) is 10.5. The van der Waals surface area contributed by atoms with Crippen LogP contribution in [0.3, 0.4) is 0 Å². The van der Waals surface area contributed by atoms with Gasteiger partial charge in [0.25, 0.3) is 0 Å². The fourth-order valence-corrected chi connectivity index (χ4v) is 3.22. The fraction of sp³-hybridized carbons (Fsp3) is 0. The van der Waals surface area contributed by atoms with Gasteiger partial charge in [-0.2, -0.15) is 0 Å². The molecule has 4 aromatic carbocycles. The maximum Gasteiger partial charge on any atom is 0.347 e. The Morgan fingerprint density at radius 3 is 1.66 bits per heavy atom. The molecule has 174 valence electrons. The molecule has 0 radical (unpaired) electrons. The molecule has 0 unspecified atom stereocenters. The number of para-hydroxylation sites is 2. The highest BCUT2D eigenvalue weighted by molar-refractivity contribution is 5.94. The summed E-state index contributed by atoms with van der Waals surface area (Å²) in [5, 5.41) is 29.6. The third kappa shape index (κ3) is 5.85. The Morgan fingerprint density at radius 2 is 1.09 bits per heavy atom. The smallest absolute Gasteiger partial charge is 0.347 e. The van der Waals surface area contributed by atoms with Gasteiger partial charge in [-0.1, -0.05) is 48.6 Å². The molecule has 0 aliphatic heterocycles. The van der Waals surface area contributed by atoms with E-state index in [-0.39, 0.29) is 34.1 Å². The Hall–Kier alpha value is -5.04. The number of esters is 2. The van der Waals surface area contributed by atoms with E-state index in [9.17, 15) is 24.9 Å². The molecule has 0 aromatic heterocycles. The number of aromatic hydroxyl groups is 3. The summed E-state index contributed by atoms with van der Waals surface area (Å²) in [6, 6.07) is 23.2. The van der Waals surface area contributed by atoms with Crippen LogP contribution in [0.25, 0.3) is 12.2 Å². The van der Waals surface area contributed by atoms with Gasteiger partial charge in [0.15, 0.2) is 0 Å². The minimum atomic E-state index is -0.752. The van der Waals surface area contributed by atoms with Crippen molar-refractivity contribution in [1.29, 1.82) is 0 Å². The largest absolute Gasteiger partial charge is 0.508 e. The summed E-state index contributed by atoms with van der Waals surface area (Å²) in [5.41, 5.74) is 1.43. The topological polar surface area (TPSA) is 113 Å². The molecule has 0 fully saturated rings. The minimum Gasteiger partial charge on any atom is -0.508 e. The lowest BCUT2D eigenvalue weighted by Gasteiger charge is -2.07. The van der Waals surface area contributed by atoms with Crippen molar-refractivity contribution in [2.24, 2.45) is 0 Å². The number of ether oxygens (including phenoxy) is 2. The summed E-state index contributed by atoms with van der Waals surface area (Å²) in [6.45, 7) is 0. The molecule has 0 spiro atoms. The first-order valence-corrected chi connectivity index (χ1v) is 10.5. The highest BCUT2D eigenvalue weighted by Gasteiger charge is 2.14. The van der Waals surface area contributed by atoms with Crippen LogP contribution in [0.2, 0.25) is 0 Å². The van der Waals surface area contributed by atoms with Gasteiger partial charge in [0, 0.05) is 6.07 Å². The Balaban J connectivity index is 1.43. The average molecular weight is 468 g/mol. The predicted molar refractivity (Wildman–Crippen MR) is 130 cm³/mol. The van der Waals surface area contributed by atoms with E-state index in [1.807, 2.05) is 0 Å². The van der Waals surface area contributed by atoms with E-state index in [0.717, 1.165) is 5.56 Å². The zero-order valence-corrected chi connectivity index (χ0v) is 18.3. The van der Waals surface area contributed by atoms with E-state index >= 15 is 0 Å². The van der Waals surface area contributed by atoms with Gasteiger partial charge in [0.05, 0.1) is 0 Å². The summed E-state index contributed by atoms with van der Waals surface area (Å²) in [6.07, 6.45) is 3.47.